The SMILES string of the molecule is CSc1cc(Cl)c2sc(C=O)cc2c1. The van der Waals surface area contributed by atoms with E-state index in [1.54, 1.807) is 11.8 Å². The quantitative estimate of drug-likeness (QED) is 0.583. The van der Waals surface area contributed by atoms with Crippen molar-refractivity contribution in [2.24, 2.45) is 0 Å². The van der Waals surface area contributed by atoms with E-state index in [0.29, 0.717) is 0 Å². The van der Waals surface area contributed by atoms with Gasteiger partial charge in [-0.2, -0.15) is 0 Å². The second-order valence-corrected chi connectivity index (χ2v) is 5.16. The number of fused-ring (bicyclic) bond motifs is 1. The number of hydrogen-bond donors (Lipinski definition) is 0. The highest BCUT2D eigenvalue weighted by Gasteiger charge is 2.06. The summed E-state index contributed by atoms with van der Waals surface area (Å²) in [5.41, 5.74) is 0. The van der Waals surface area contributed by atoms with Crippen LogP contribution >= 0.6 is 34.7 Å². The molecule has 0 atom stereocenters. The lowest BCUT2D eigenvalue weighted by Crippen LogP contribution is -1.70. The lowest BCUT2D eigenvalue weighted by molar-refractivity contribution is 0.112. The Morgan fingerprint density at radius 2 is 2.21 bits per heavy atom. The normalized spacial score (nSPS) is 10.7. The Kier molecular flexibility index (Phi) is 2.81. The molecule has 0 aliphatic heterocycles. The van der Waals surface area contributed by atoms with Gasteiger partial charge in [0.05, 0.1) is 14.6 Å². The molecule has 4 heteroatoms. The van der Waals surface area contributed by atoms with Gasteiger partial charge in [-0.05, 0) is 29.8 Å². The molecule has 0 unspecified atom stereocenters. The van der Waals surface area contributed by atoms with E-state index < -0.39 is 0 Å². The number of thiophene rings is 1. The van der Waals surface area contributed by atoms with Crippen molar-refractivity contribution in [2.75, 3.05) is 6.26 Å². The zero-order chi connectivity index (χ0) is 10.1. The molecule has 0 fully saturated rings. The lowest BCUT2D eigenvalue weighted by Gasteiger charge is -1.98. The Labute approximate surface area is 95.1 Å². The first-order chi connectivity index (χ1) is 6.74. The maximum atomic E-state index is 10.6. The highest BCUT2D eigenvalue weighted by Crippen LogP contribution is 2.34. The number of rotatable bonds is 2. The van der Waals surface area contributed by atoms with Crippen LogP contribution in [0.2, 0.25) is 5.02 Å². The van der Waals surface area contributed by atoms with Gasteiger partial charge in [0.2, 0.25) is 0 Å². The molecule has 0 saturated heterocycles. The minimum Gasteiger partial charge on any atom is -0.297 e. The topological polar surface area (TPSA) is 17.1 Å². The van der Waals surface area contributed by atoms with Crippen LogP contribution < -0.4 is 0 Å². The van der Waals surface area contributed by atoms with Crippen LogP contribution in [0.3, 0.4) is 0 Å². The van der Waals surface area contributed by atoms with E-state index in [1.807, 2.05) is 18.4 Å². The van der Waals surface area contributed by atoms with Gasteiger partial charge in [0, 0.05) is 4.90 Å². The average Bonchev–Trinajstić information content (AvgIpc) is 2.61. The first kappa shape index (κ1) is 10.0. The van der Waals surface area contributed by atoms with Crippen molar-refractivity contribution in [1.29, 1.82) is 0 Å². The molecule has 14 heavy (non-hydrogen) atoms. The van der Waals surface area contributed by atoms with Gasteiger partial charge in [-0.15, -0.1) is 23.1 Å². The van der Waals surface area contributed by atoms with Crippen LogP contribution in [0.15, 0.2) is 23.1 Å². The van der Waals surface area contributed by atoms with Crippen LogP contribution in [-0.4, -0.2) is 12.5 Å². The number of thioether (sulfide) groups is 1. The molecular weight excluding hydrogens is 236 g/mol. The second-order valence-electron chi connectivity index (χ2n) is 2.79. The second kappa shape index (κ2) is 3.93. The number of carbonyl (C=O) groups excluding carboxylic acids is 1. The molecular formula is C10H7ClOS2. The highest BCUT2D eigenvalue weighted by molar-refractivity contribution is 7.98. The minimum atomic E-state index is 0.722. The van der Waals surface area contributed by atoms with E-state index in [4.69, 9.17) is 11.6 Å². The first-order valence-corrected chi connectivity index (χ1v) is 6.39. The number of benzene rings is 1. The third-order valence-electron chi connectivity index (χ3n) is 1.92. The Morgan fingerprint density at radius 1 is 1.43 bits per heavy atom. The van der Waals surface area contributed by atoms with Crippen LogP contribution in [0.5, 0.6) is 0 Å². The van der Waals surface area contributed by atoms with Gasteiger partial charge in [-0.25, -0.2) is 0 Å². The summed E-state index contributed by atoms with van der Waals surface area (Å²) in [6.07, 6.45) is 2.87. The summed E-state index contributed by atoms with van der Waals surface area (Å²) >= 11 is 9.17. The molecule has 2 rings (SSSR count). The Balaban J connectivity index is 2.73. The highest BCUT2D eigenvalue weighted by atomic mass is 35.5. The molecule has 0 N–H and O–H groups in total. The standard InChI is InChI=1S/C10H7ClOS2/c1-13-7-2-6-3-8(5-12)14-10(6)9(11)4-7/h2-5H,1H3. The van der Waals surface area contributed by atoms with Gasteiger partial charge in [0.25, 0.3) is 0 Å². The predicted molar refractivity (Wildman–Crippen MR) is 64.0 cm³/mol. The fourth-order valence-corrected chi connectivity index (χ4v) is 3.03. The predicted octanol–water partition coefficient (Wildman–Crippen LogP) is 4.09. The maximum absolute atomic E-state index is 10.6. The van der Waals surface area contributed by atoms with Crippen LogP contribution in [-0.2, 0) is 0 Å². The Hall–Kier alpha value is -0.510. The zero-order valence-electron chi connectivity index (χ0n) is 7.41. The first-order valence-electron chi connectivity index (χ1n) is 3.97. The van der Waals surface area contributed by atoms with Gasteiger partial charge in [-0.1, -0.05) is 11.6 Å². The third kappa shape index (κ3) is 1.67. The largest absolute Gasteiger partial charge is 0.297 e. The van der Waals surface area contributed by atoms with Crippen molar-refractivity contribution < 1.29 is 4.79 Å². The summed E-state index contributed by atoms with van der Waals surface area (Å²) in [7, 11) is 0. The third-order valence-corrected chi connectivity index (χ3v) is 4.14. The fraction of sp³-hybridized carbons (Fsp3) is 0.100. The number of carbonyl (C=O) groups is 1. The molecule has 2 aromatic rings. The van der Waals surface area contributed by atoms with Crippen molar-refractivity contribution in [3.05, 3.63) is 28.1 Å². The maximum Gasteiger partial charge on any atom is 0.160 e. The fourth-order valence-electron chi connectivity index (χ4n) is 1.28. The molecule has 1 nitrogen and oxygen atoms in total. The smallest absolute Gasteiger partial charge is 0.160 e. The van der Waals surface area contributed by atoms with E-state index in [1.165, 1.54) is 11.3 Å². The summed E-state index contributed by atoms with van der Waals surface area (Å²) in [5.74, 6) is 0. The summed E-state index contributed by atoms with van der Waals surface area (Å²) in [5, 5.41) is 1.78. The van der Waals surface area contributed by atoms with Gasteiger partial charge >= 0.3 is 0 Å². The van der Waals surface area contributed by atoms with Crippen LogP contribution in [0.4, 0.5) is 0 Å². The molecule has 0 aliphatic rings. The van der Waals surface area contributed by atoms with E-state index >= 15 is 0 Å². The monoisotopic (exact) mass is 242 g/mol. The van der Waals surface area contributed by atoms with Crippen LogP contribution in [0, 0.1) is 0 Å². The molecule has 1 aromatic carbocycles. The zero-order valence-corrected chi connectivity index (χ0v) is 9.80. The molecule has 0 saturated carbocycles. The van der Waals surface area contributed by atoms with Gasteiger partial charge < -0.3 is 0 Å². The molecule has 0 bridgehead atoms. The molecule has 0 spiro atoms. The van der Waals surface area contributed by atoms with Crippen LogP contribution in [0.1, 0.15) is 9.67 Å². The van der Waals surface area contributed by atoms with Crippen molar-refractivity contribution in [3.63, 3.8) is 0 Å². The van der Waals surface area contributed by atoms with Gasteiger partial charge in [0.1, 0.15) is 0 Å². The van der Waals surface area contributed by atoms with Crippen molar-refractivity contribution >= 4 is 51.1 Å². The molecule has 0 aliphatic carbocycles. The van der Waals surface area contributed by atoms with Gasteiger partial charge in [0.15, 0.2) is 6.29 Å². The number of aldehydes is 1. The van der Waals surface area contributed by atoms with Crippen molar-refractivity contribution in [2.45, 2.75) is 4.90 Å². The summed E-state index contributed by atoms with van der Waals surface area (Å²) in [6.45, 7) is 0. The lowest BCUT2D eigenvalue weighted by atomic mass is 10.2. The Morgan fingerprint density at radius 3 is 2.86 bits per heavy atom. The van der Waals surface area contributed by atoms with E-state index in [0.717, 1.165) is 31.2 Å². The summed E-state index contributed by atoms with van der Waals surface area (Å²) in [4.78, 5) is 12.4. The average molecular weight is 243 g/mol. The summed E-state index contributed by atoms with van der Waals surface area (Å²) < 4.78 is 0.992. The molecule has 1 aromatic heterocycles. The van der Waals surface area contributed by atoms with Crippen molar-refractivity contribution in [3.8, 4) is 0 Å². The van der Waals surface area contributed by atoms with Gasteiger partial charge in [-0.3, -0.25) is 4.79 Å². The number of halogens is 1. The number of hydrogen-bond acceptors (Lipinski definition) is 3. The molecule has 0 radical (unpaired) electrons. The van der Waals surface area contributed by atoms with Crippen LogP contribution in [0.25, 0.3) is 10.1 Å². The summed E-state index contributed by atoms with van der Waals surface area (Å²) in [6, 6.07) is 5.85. The van der Waals surface area contributed by atoms with E-state index in [-0.39, 0.29) is 0 Å². The molecule has 0 amide bonds. The molecule has 72 valence electrons. The van der Waals surface area contributed by atoms with E-state index in [9.17, 15) is 4.79 Å². The van der Waals surface area contributed by atoms with Crippen molar-refractivity contribution in [1.82, 2.24) is 0 Å². The minimum absolute atomic E-state index is 0.722. The Bertz CT molecular complexity index is 490. The van der Waals surface area contributed by atoms with E-state index in [2.05, 4.69) is 6.07 Å². The molecule has 1 heterocycles.